The van der Waals surface area contributed by atoms with Crippen molar-refractivity contribution < 1.29 is 13.2 Å². The first kappa shape index (κ1) is 12.2. The molecule has 5 nitrogen and oxygen atoms in total. The summed E-state index contributed by atoms with van der Waals surface area (Å²) in [6.45, 7) is 7.27. The highest BCUT2D eigenvalue weighted by atomic mass is 32.2. The predicted molar refractivity (Wildman–Crippen MR) is 57.8 cm³/mol. The van der Waals surface area contributed by atoms with Gasteiger partial charge in [-0.2, -0.15) is 4.31 Å². The first-order valence-corrected chi connectivity index (χ1v) is 6.33. The van der Waals surface area contributed by atoms with E-state index in [4.69, 9.17) is 0 Å². The van der Waals surface area contributed by atoms with Gasteiger partial charge in [0, 0.05) is 13.1 Å². The number of carbonyl (C=O) groups excluding carboxylic acids is 1. The smallest absolute Gasteiger partial charge is 0.241 e. The molecule has 86 valence electrons. The molecule has 0 saturated carbocycles. The Hall–Kier alpha value is -0.880. The summed E-state index contributed by atoms with van der Waals surface area (Å²) in [6, 6.07) is 0. The highest BCUT2D eigenvalue weighted by Crippen LogP contribution is 2.21. The molecule has 1 amide bonds. The van der Waals surface area contributed by atoms with E-state index in [1.807, 2.05) is 0 Å². The Morgan fingerprint density at radius 2 is 2.20 bits per heavy atom. The fraction of sp³-hybridized carbons (Fsp3) is 0.667. The number of sulfonamides is 1. The third-order valence-corrected chi connectivity index (χ3v) is 4.41. The monoisotopic (exact) mass is 232 g/mol. The summed E-state index contributed by atoms with van der Waals surface area (Å²) in [6.07, 6.45) is 1.33. The fourth-order valence-corrected chi connectivity index (χ4v) is 3.23. The summed E-state index contributed by atoms with van der Waals surface area (Å²) in [7, 11) is -3.42. The van der Waals surface area contributed by atoms with E-state index in [-0.39, 0.29) is 11.7 Å². The van der Waals surface area contributed by atoms with E-state index >= 15 is 0 Å². The SMILES string of the molecule is C=CCS(=O)(=O)N1CCNC(=O)C1(C)C. The quantitative estimate of drug-likeness (QED) is 0.680. The molecule has 0 aromatic heterocycles. The van der Waals surface area contributed by atoms with Crippen LogP contribution in [0.15, 0.2) is 12.7 Å². The minimum Gasteiger partial charge on any atom is -0.353 e. The van der Waals surface area contributed by atoms with Crippen molar-refractivity contribution in [3.8, 4) is 0 Å². The molecular weight excluding hydrogens is 216 g/mol. The van der Waals surface area contributed by atoms with Crippen LogP contribution in [0.4, 0.5) is 0 Å². The predicted octanol–water partition coefficient (Wildman–Crippen LogP) is -0.287. The Morgan fingerprint density at radius 1 is 1.60 bits per heavy atom. The average molecular weight is 232 g/mol. The van der Waals surface area contributed by atoms with E-state index in [9.17, 15) is 13.2 Å². The molecule has 0 aliphatic carbocycles. The van der Waals surface area contributed by atoms with Gasteiger partial charge in [-0.1, -0.05) is 6.08 Å². The van der Waals surface area contributed by atoms with E-state index < -0.39 is 15.6 Å². The molecule has 1 N–H and O–H groups in total. The van der Waals surface area contributed by atoms with Crippen molar-refractivity contribution in [2.45, 2.75) is 19.4 Å². The largest absolute Gasteiger partial charge is 0.353 e. The lowest BCUT2D eigenvalue weighted by Gasteiger charge is -2.39. The third-order valence-electron chi connectivity index (χ3n) is 2.44. The molecule has 0 atom stereocenters. The lowest BCUT2D eigenvalue weighted by molar-refractivity contribution is -0.131. The maximum Gasteiger partial charge on any atom is 0.241 e. The van der Waals surface area contributed by atoms with Crippen LogP contribution in [0.3, 0.4) is 0 Å². The van der Waals surface area contributed by atoms with Crippen molar-refractivity contribution >= 4 is 15.9 Å². The van der Waals surface area contributed by atoms with Crippen LogP contribution in [0.25, 0.3) is 0 Å². The molecule has 6 heteroatoms. The molecule has 0 aromatic rings. The van der Waals surface area contributed by atoms with E-state index in [1.165, 1.54) is 10.4 Å². The number of hydrogen-bond donors (Lipinski definition) is 1. The second-order valence-corrected chi connectivity index (χ2v) is 5.89. The number of hydrogen-bond acceptors (Lipinski definition) is 3. The average Bonchev–Trinajstić information content (AvgIpc) is 2.09. The zero-order chi connectivity index (χ0) is 11.7. The molecule has 1 fully saturated rings. The lowest BCUT2D eigenvalue weighted by atomic mass is 10.0. The van der Waals surface area contributed by atoms with Crippen LogP contribution >= 0.6 is 0 Å². The van der Waals surface area contributed by atoms with Crippen molar-refractivity contribution in [2.24, 2.45) is 0 Å². The normalized spacial score (nSPS) is 22.1. The minimum absolute atomic E-state index is 0.135. The summed E-state index contributed by atoms with van der Waals surface area (Å²) >= 11 is 0. The first-order valence-electron chi connectivity index (χ1n) is 4.72. The van der Waals surface area contributed by atoms with Crippen LogP contribution < -0.4 is 5.32 Å². The van der Waals surface area contributed by atoms with Crippen LogP contribution in [0, 0.1) is 0 Å². The zero-order valence-electron chi connectivity index (χ0n) is 8.99. The topological polar surface area (TPSA) is 66.5 Å². The van der Waals surface area contributed by atoms with E-state index in [0.29, 0.717) is 13.1 Å². The molecule has 0 aromatic carbocycles. The summed E-state index contributed by atoms with van der Waals surface area (Å²) < 4.78 is 24.9. The Labute approximate surface area is 90.2 Å². The highest BCUT2D eigenvalue weighted by Gasteiger charge is 2.43. The van der Waals surface area contributed by atoms with Gasteiger partial charge in [0.1, 0.15) is 5.54 Å². The number of carbonyl (C=O) groups is 1. The van der Waals surface area contributed by atoms with Gasteiger partial charge in [0.05, 0.1) is 5.75 Å². The molecule has 0 radical (unpaired) electrons. The van der Waals surface area contributed by atoms with Gasteiger partial charge in [0.25, 0.3) is 0 Å². The van der Waals surface area contributed by atoms with E-state index in [1.54, 1.807) is 13.8 Å². The minimum atomic E-state index is -3.42. The standard InChI is InChI=1S/C9H16N2O3S/c1-4-7-15(13,14)11-6-5-10-8(12)9(11,2)3/h4H,1,5-7H2,2-3H3,(H,10,12). The summed E-state index contributed by atoms with van der Waals surface area (Å²) in [4.78, 5) is 11.5. The number of nitrogens with one attached hydrogen (secondary N) is 1. The van der Waals surface area contributed by atoms with E-state index in [0.717, 1.165) is 0 Å². The Balaban J connectivity index is 3.03. The highest BCUT2D eigenvalue weighted by molar-refractivity contribution is 7.89. The van der Waals surface area contributed by atoms with Crippen molar-refractivity contribution in [1.29, 1.82) is 0 Å². The number of nitrogens with zero attached hydrogens (tertiary/aromatic N) is 1. The summed E-state index contributed by atoms with van der Waals surface area (Å²) in [5, 5.41) is 2.65. The van der Waals surface area contributed by atoms with Crippen LogP contribution in [0.2, 0.25) is 0 Å². The Morgan fingerprint density at radius 3 is 2.73 bits per heavy atom. The molecule has 1 heterocycles. The molecule has 1 aliphatic heterocycles. The molecule has 15 heavy (non-hydrogen) atoms. The molecule has 1 rings (SSSR count). The van der Waals surface area contributed by atoms with Gasteiger partial charge >= 0.3 is 0 Å². The van der Waals surface area contributed by atoms with Crippen molar-refractivity contribution in [2.75, 3.05) is 18.8 Å². The number of amides is 1. The maximum atomic E-state index is 11.8. The summed E-state index contributed by atoms with van der Waals surface area (Å²) in [5.74, 6) is -0.398. The van der Waals surface area contributed by atoms with Crippen molar-refractivity contribution in [1.82, 2.24) is 9.62 Å². The van der Waals surface area contributed by atoms with Gasteiger partial charge in [-0.25, -0.2) is 8.42 Å². The second-order valence-electron chi connectivity index (χ2n) is 3.95. The van der Waals surface area contributed by atoms with Crippen molar-refractivity contribution in [3.63, 3.8) is 0 Å². The van der Waals surface area contributed by atoms with Gasteiger partial charge in [-0.05, 0) is 13.8 Å². The third kappa shape index (κ3) is 2.21. The van der Waals surface area contributed by atoms with Crippen LogP contribution in [-0.2, 0) is 14.8 Å². The molecule has 0 spiro atoms. The molecular formula is C9H16N2O3S. The fourth-order valence-electron chi connectivity index (χ4n) is 1.61. The van der Waals surface area contributed by atoms with Gasteiger partial charge < -0.3 is 5.32 Å². The van der Waals surface area contributed by atoms with Crippen LogP contribution in [0.1, 0.15) is 13.8 Å². The zero-order valence-corrected chi connectivity index (χ0v) is 9.80. The second kappa shape index (κ2) is 3.94. The maximum absolute atomic E-state index is 11.8. The van der Waals surface area contributed by atoms with Crippen molar-refractivity contribution in [3.05, 3.63) is 12.7 Å². The van der Waals surface area contributed by atoms with Crippen LogP contribution in [-0.4, -0.2) is 43.0 Å². The lowest BCUT2D eigenvalue weighted by Crippen LogP contribution is -2.63. The molecule has 0 unspecified atom stereocenters. The Kier molecular flexibility index (Phi) is 3.20. The molecule has 1 aliphatic rings. The first-order chi connectivity index (χ1) is 6.82. The Bertz CT molecular complexity index is 373. The number of rotatable bonds is 3. The summed E-state index contributed by atoms with van der Waals surface area (Å²) in [5.41, 5.74) is -1.01. The van der Waals surface area contributed by atoms with Gasteiger partial charge in [0.2, 0.25) is 15.9 Å². The molecule has 0 bridgehead atoms. The van der Waals surface area contributed by atoms with Gasteiger partial charge in [-0.3, -0.25) is 4.79 Å². The van der Waals surface area contributed by atoms with Gasteiger partial charge in [0.15, 0.2) is 0 Å². The van der Waals surface area contributed by atoms with Gasteiger partial charge in [-0.15, -0.1) is 6.58 Å². The van der Waals surface area contributed by atoms with Crippen LogP contribution in [0.5, 0.6) is 0 Å². The van der Waals surface area contributed by atoms with E-state index in [2.05, 4.69) is 11.9 Å². The molecule has 1 saturated heterocycles. The number of piperazine rings is 1.